The van der Waals surface area contributed by atoms with Crippen molar-refractivity contribution in [3.05, 3.63) is 10.8 Å². The van der Waals surface area contributed by atoms with Crippen molar-refractivity contribution in [1.29, 1.82) is 0 Å². The van der Waals surface area contributed by atoms with Gasteiger partial charge in [0.2, 0.25) is 0 Å². The average Bonchev–Trinajstić information content (AvgIpc) is 2.86. The maximum absolute atomic E-state index is 11.4. The van der Waals surface area contributed by atoms with Crippen LogP contribution in [0.4, 0.5) is 0 Å². The predicted molar refractivity (Wildman–Crippen MR) is 89.1 cm³/mol. The molecule has 0 saturated heterocycles. The fraction of sp³-hybridized carbons (Fsp3) is 0.733. The zero-order chi connectivity index (χ0) is 16.7. The molecule has 1 aromatic rings. The predicted octanol–water partition coefficient (Wildman–Crippen LogP) is 3.13. The summed E-state index contributed by atoms with van der Waals surface area (Å²) in [4.78, 5) is 0. The van der Waals surface area contributed by atoms with Crippen molar-refractivity contribution in [2.45, 2.75) is 50.4 Å². The molecule has 0 saturated carbocycles. The van der Waals surface area contributed by atoms with E-state index in [2.05, 4.69) is 6.92 Å². The highest BCUT2D eigenvalue weighted by Crippen LogP contribution is 2.33. The fourth-order valence-corrected chi connectivity index (χ4v) is 3.97. The Balaban J connectivity index is 1.75. The molecule has 1 aliphatic heterocycles. The summed E-state index contributed by atoms with van der Waals surface area (Å²) in [6, 6.07) is 0. The molecule has 1 aliphatic rings. The van der Waals surface area contributed by atoms with Crippen LogP contribution in [-0.4, -0.2) is 44.1 Å². The highest BCUT2D eigenvalue weighted by molar-refractivity contribution is 7.86. The highest BCUT2D eigenvalue weighted by atomic mass is 32.2. The lowest BCUT2D eigenvalue weighted by Crippen LogP contribution is -2.29. The summed E-state index contributed by atoms with van der Waals surface area (Å²) in [6.07, 6.45) is 3.25. The summed E-state index contributed by atoms with van der Waals surface area (Å²) < 4.78 is 49.0. The Morgan fingerprint density at radius 3 is 2.48 bits per heavy atom. The number of thiophene rings is 1. The summed E-state index contributed by atoms with van der Waals surface area (Å²) in [5, 5.41) is 2.99. The van der Waals surface area contributed by atoms with Gasteiger partial charge in [-0.3, -0.25) is 4.55 Å². The molecule has 0 fully saturated rings. The molecule has 0 bridgehead atoms. The second-order valence-corrected chi connectivity index (χ2v) is 8.08. The van der Waals surface area contributed by atoms with Crippen molar-refractivity contribution < 1.29 is 27.2 Å². The van der Waals surface area contributed by atoms with Gasteiger partial charge in [-0.2, -0.15) is 8.42 Å². The minimum absolute atomic E-state index is 0.245. The van der Waals surface area contributed by atoms with E-state index in [1.165, 1.54) is 11.3 Å². The zero-order valence-electron chi connectivity index (χ0n) is 13.3. The maximum Gasteiger partial charge on any atom is 0.267 e. The first-order valence-corrected chi connectivity index (χ1v) is 10.3. The Kier molecular flexibility index (Phi) is 7.13. The summed E-state index contributed by atoms with van der Waals surface area (Å²) in [5.74, 6) is 1.44. The average molecular weight is 364 g/mol. The molecule has 6 nitrogen and oxygen atoms in total. The molecule has 132 valence electrons. The van der Waals surface area contributed by atoms with E-state index in [9.17, 15) is 13.0 Å². The third kappa shape index (κ3) is 5.95. The molecular formula is C15H24O6S2. The third-order valence-corrected chi connectivity index (χ3v) is 5.80. The van der Waals surface area contributed by atoms with Crippen molar-refractivity contribution >= 4 is 21.5 Å². The largest absolute Gasteiger partial charge is 0.486 e. The normalized spacial score (nSPS) is 17.0. The van der Waals surface area contributed by atoms with Gasteiger partial charge in [0.15, 0.2) is 11.5 Å². The van der Waals surface area contributed by atoms with Gasteiger partial charge in [0.1, 0.15) is 19.3 Å². The van der Waals surface area contributed by atoms with Crippen LogP contribution in [0, 0.1) is 0 Å². The van der Waals surface area contributed by atoms with Crippen molar-refractivity contribution in [2.24, 2.45) is 0 Å². The van der Waals surface area contributed by atoms with Gasteiger partial charge in [0, 0.05) is 17.4 Å². The van der Waals surface area contributed by atoms with Gasteiger partial charge in [0.05, 0.1) is 5.25 Å². The molecule has 1 N–H and O–H groups in total. The number of hydrogen-bond donors (Lipinski definition) is 1. The molecule has 2 rings (SSSR count). The number of fused-ring (bicyclic) bond motifs is 1. The van der Waals surface area contributed by atoms with Crippen LogP contribution in [0.1, 0.15) is 39.0 Å². The molecule has 23 heavy (non-hydrogen) atoms. The van der Waals surface area contributed by atoms with Crippen LogP contribution in [-0.2, 0) is 14.9 Å². The van der Waals surface area contributed by atoms with E-state index in [0.29, 0.717) is 19.6 Å². The SMILES string of the molecule is CCCCCC(CCOC1COc2cscc2OC1)S(=O)(=O)O. The lowest BCUT2D eigenvalue weighted by Gasteiger charge is -2.17. The van der Waals surface area contributed by atoms with Crippen molar-refractivity contribution in [3.8, 4) is 11.5 Å². The van der Waals surface area contributed by atoms with E-state index < -0.39 is 15.4 Å². The Morgan fingerprint density at radius 1 is 1.26 bits per heavy atom. The molecular weight excluding hydrogens is 340 g/mol. The second-order valence-electron chi connectivity index (χ2n) is 5.64. The molecule has 1 unspecified atom stereocenters. The minimum atomic E-state index is -4.03. The molecule has 1 atom stereocenters. The fourth-order valence-electron chi connectivity index (χ4n) is 2.42. The van der Waals surface area contributed by atoms with E-state index in [0.717, 1.165) is 30.8 Å². The second kappa shape index (κ2) is 8.86. The summed E-state index contributed by atoms with van der Waals surface area (Å²) in [5.41, 5.74) is 0. The van der Waals surface area contributed by atoms with Gasteiger partial charge >= 0.3 is 0 Å². The number of ether oxygens (including phenoxy) is 3. The Labute approximate surface area is 141 Å². The molecule has 0 aliphatic carbocycles. The van der Waals surface area contributed by atoms with Crippen LogP contribution in [0.15, 0.2) is 10.8 Å². The molecule has 0 aromatic carbocycles. The van der Waals surface area contributed by atoms with Crippen LogP contribution in [0.25, 0.3) is 0 Å². The number of unbranched alkanes of at least 4 members (excludes halogenated alkanes) is 2. The van der Waals surface area contributed by atoms with Crippen LogP contribution < -0.4 is 9.47 Å². The quantitative estimate of drug-likeness (QED) is 0.535. The van der Waals surface area contributed by atoms with Gasteiger partial charge in [-0.05, 0) is 12.8 Å². The van der Waals surface area contributed by atoms with Crippen LogP contribution in [0.3, 0.4) is 0 Å². The van der Waals surface area contributed by atoms with Crippen molar-refractivity contribution in [3.63, 3.8) is 0 Å². The molecule has 8 heteroatoms. The van der Waals surface area contributed by atoms with Crippen LogP contribution >= 0.6 is 11.3 Å². The van der Waals surface area contributed by atoms with Gasteiger partial charge in [0.25, 0.3) is 10.1 Å². The Hall–Kier alpha value is -0.830. The number of hydrogen-bond acceptors (Lipinski definition) is 6. The molecule has 1 aromatic heterocycles. The lowest BCUT2D eigenvalue weighted by atomic mass is 10.1. The van der Waals surface area contributed by atoms with E-state index in [1.807, 2.05) is 10.8 Å². The standard InChI is InChI=1S/C15H24O6S2/c1-2-3-4-5-13(23(16,17)18)6-7-19-12-8-20-14-10-22-11-15(14)21-9-12/h10-13H,2-9H2,1H3,(H,16,17,18). The van der Waals surface area contributed by atoms with Gasteiger partial charge in [-0.25, -0.2) is 0 Å². The maximum atomic E-state index is 11.4. The summed E-state index contributed by atoms with van der Waals surface area (Å²) >= 11 is 1.51. The lowest BCUT2D eigenvalue weighted by molar-refractivity contribution is 0.00118. The molecule has 2 heterocycles. The van der Waals surface area contributed by atoms with Gasteiger partial charge < -0.3 is 14.2 Å². The molecule has 0 amide bonds. The van der Waals surface area contributed by atoms with E-state index in [1.54, 1.807) is 0 Å². The Bertz CT molecular complexity index is 546. The monoisotopic (exact) mass is 364 g/mol. The van der Waals surface area contributed by atoms with E-state index in [-0.39, 0.29) is 19.1 Å². The first-order valence-electron chi connectivity index (χ1n) is 7.90. The first-order chi connectivity index (χ1) is 11.0. The van der Waals surface area contributed by atoms with Crippen LogP contribution in [0.5, 0.6) is 11.5 Å². The Morgan fingerprint density at radius 2 is 1.91 bits per heavy atom. The van der Waals surface area contributed by atoms with Crippen molar-refractivity contribution in [2.75, 3.05) is 19.8 Å². The summed E-state index contributed by atoms with van der Waals surface area (Å²) in [6.45, 7) is 3.05. The number of rotatable bonds is 9. The van der Waals surface area contributed by atoms with Crippen LogP contribution in [0.2, 0.25) is 0 Å². The summed E-state index contributed by atoms with van der Waals surface area (Å²) in [7, 11) is -4.03. The highest BCUT2D eigenvalue weighted by Gasteiger charge is 2.24. The third-order valence-electron chi connectivity index (χ3n) is 3.79. The topological polar surface area (TPSA) is 82.1 Å². The van der Waals surface area contributed by atoms with E-state index >= 15 is 0 Å². The smallest absolute Gasteiger partial charge is 0.267 e. The van der Waals surface area contributed by atoms with Gasteiger partial charge in [-0.15, -0.1) is 11.3 Å². The zero-order valence-corrected chi connectivity index (χ0v) is 14.9. The minimum Gasteiger partial charge on any atom is -0.486 e. The van der Waals surface area contributed by atoms with E-state index in [4.69, 9.17) is 14.2 Å². The molecule has 0 radical (unpaired) electrons. The first kappa shape index (κ1) is 18.5. The molecule has 0 spiro atoms. The van der Waals surface area contributed by atoms with Crippen molar-refractivity contribution in [1.82, 2.24) is 0 Å². The van der Waals surface area contributed by atoms with Gasteiger partial charge in [-0.1, -0.05) is 26.2 Å².